The van der Waals surface area contributed by atoms with Crippen LogP contribution in [0.2, 0.25) is 0 Å². The first kappa shape index (κ1) is 14.7. The molecule has 2 atom stereocenters. The maximum Gasteiger partial charge on any atom is 0.222 e. The van der Waals surface area contributed by atoms with Gasteiger partial charge in [0, 0.05) is 13.2 Å². The van der Waals surface area contributed by atoms with E-state index in [1.54, 1.807) is 0 Å². The number of nitrogens with one attached hydrogen (secondary N) is 2. The molecule has 17 heavy (non-hydrogen) atoms. The SMILES string of the molecule is Cl.O=C(CC1CCCO1)NCCC1CCNC1. The summed E-state index contributed by atoms with van der Waals surface area (Å²) in [5.74, 6) is 0.904. The van der Waals surface area contributed by atoms with Crippen molar-refractivity contribution in [3.63, 3.8) is 0 Å². The first-order chi connectivity index (χ1) is 7.84. The third-order valence-corrected chi connectivity index (χ3v) is 3.47. The molecule has 0 radical (unpaired) electrons. The fraction of sp³-hybridized carbons (Fsp3) is 0.917. The molecular formula is C12H23ClN2O2. The molecule has 2 rings (SSSR count). The van der Waals surface area contributed by atoms with Gasteiger partial charge < -0.3 is 15.4 Å². The Morgan fingerprint density at radius 1 is 1.41 bits per heavy atom. The predicted molar refractivity (Wildman–Crippen MR) is 69.4 cm³/mol. The molecule has 100 valence electrons. The molecule has 4 nitrogen and oxygen atoms in total. The quantitative estimate of drug-likeness (QED) is 0.780. The molecule has 0 bridgehead atoms. The van der Waals surface area contributed by atoms with Crippen molar-refractivity contribution >= 4 is 18.3 Å². The summed E-state index contributed by atoms with van der Waals surface area (Å²) in [5.41, 5.74) is 0. The van der Waals surface area contributed by atoms with Crippen molar-refractivity contribution in [1.29, 1.82) is 0 Å². The van der Waals surface area contributed by atoms with Crippen LogP contribution in [0, 0.1) is 5.92 Å². The minimum absolute atomic E-state index is 0. The van der Waals surface area contributed by atoms with Crippen molar-refractivity contribution in [3.8, 4) is 0 Å². The average Bonchev–Trinajstić information content (AvgIpc) is 2.90. The van der Waals surface area contributed by atoms with Gasteiger partial charge in [-0.25, -0.2) is 0 Å². The highest BCUT2D eigenvalue weighted by atomic mass is 35.5. The van der Waals surface area contributed by atoms with E-state index in [1.807, 2.05) is 0 Å². The van der Waals surface area contributed by atoms with E-state index in [2.05, 4.69) is 10.6 Å². The van der Waals surface area contributed by atoms with Crippen molar-refractivity contribution in [2.24, 2.45) is 5.92 Å². The predicted octanol–water partition coefficient (Wildman–Crippen LogP) is 1.09. The van der Waals surface area contributed by atoms with E-state index in [1.165, 1.54) is 6.42 Å². The fourth-order valence-electron chi connectivity index (χ4n) is 2.46. The summed E-state index contributed by atoms with van der Waals surface area (Å²) in [6, 6.07) is 0. The molecule has 2 unspecified atom stereocenters. The van der Waals surface area contributed by atoms with Crippen LogP contribution in [0.15, 0.2) is 0 Å². The highest BCUT2D eigenvalue weighted by Crippen LogP contribution is 2.15. The topological polar surface area (TPSA) is 50.4 Å². The van der Waals surface area contributed by atoms with E-state index >= 15 is 0 Å². The second-order valence-electron chi connectivity index (χ2n) is 4.84. The van der Waals surface area contributed by atoms with Crippen molar-refractivity contribution in [3.05, 3.63) is 0 Å². The van der Waals surface area contributed by atoms with Crippen LogP contribution in [0.1, 0.15) is 32.1 Å². The van der Waals surface area contributed by atoms with Gasteiger partial charge in [-0.05, 0) is 44.7 Å². The van der Waals surface area contributed by atoms with E-state index < -0.39 is 0 Å². The molecule has 2 fully saturated rings. The number of amides is 1. The summed E-state index contributed by atoms with van der Waals surface area (Å²) in [7, 11) is 0. The summed E-state index contributed by atoms with van der Waals surface area (Å²) in [6.45, 7) is 3.89. The zero-order valence-electron chi connectivity index (χ0n) is 10.2. The van der Waals surface area contributed by atoms with Crippen LogP contribution < -0.4 is 10.6 Å². The zero-order chi connectivity index (χ0) is 11.2. The summed E-state index contributed by atoms with van der Waals surface area (Å²) in [5, 5.41) is 6.33. The highest BCUT2D eigenvalue weighted by molar-refractivity contribution is 5.85. The smallest absolute Gasteiger partial charge is 0.222 e. The number of carbonyl (C=O) groups excluding carboxylic acids is 1. The average molecular weight is 263 g/mol. The van der Waals surface area contributed by atoms with Gasteiger partial charge in [0.1, 0.15) is 0 Å². The van der Waals surface area contributed by atoms with Crippen LogP contribution in [0.25, 0.3) is 0 Å². The number of ether oxygens (including phenoxy) is 1. The maximum atomic E-state index is 11.6. The first-order valence-corrected chi connectivity index (χ1v) is 6.43. The van der Waals surface area contributed by atoms with Gasteiger partial charge in [0.15, 0.2) is 0 Å². The molecule has 2 aliphatic rings. The van der Waals surface area contributed by atoms with Crippen LogP contribution in [-0.4, -0.2) is 38.3 Å². The lowest BCUT2D eigenvalue weighted by Gasteiger charge is -2.11. The van der Waals surface area contributed by atoms with Crippen molar-refractivity contribution in [2.45, 2.75) is 38.2 Å². The molecule has 2 saturated heterocycles. The summed E-state index contributed by atoms with van der Waals surface area (Å²) in [4.78, 5) is 11.6. The van der Waals surface area contributed by atoms with Gasteiger partial charge in [0.2, 0.25) is 5.91 Å². The number of carbonyl (C=O) groups is 1. The molecular weight excluding hydrogens is 240 g/mol. The Bertz CT molecular complexity index is 227. The van der Waals surface area contributed by atoms with E-state index in [0.717, 1.165) is 51.4 Å². The number of hydrogen-bond acceptors (Lipinski definition) is 3. The van der Waals surface area contributed by atoms with Crippen LogP contribution in [0.3, 0.4) is 0 Å². The minimum Gasteiger partial charge on any atom is -0.378 e. The first-order valence-electron chi connectivity index (χ1n) is 6.43. The fourth-order valence-corrected chi connectivity index (χ4v) is 2.46. The Kier molecular flexibility index (Phi) is 6.85. The number of halogens is 1. The second kappa shape index (κ2) is 7.90. The molecule has 0 spiro atoms. The van der Waals surface area contributed by atoms with Gasteiger partial charge in [0.05, 0.1) is 12.5 Å². The van der Waals surface area contributed by atoms with Gasteiger partial charge in [-0.15, -0.1) is 12.4 Å². The van der Waals surface area contributed by atoms with E-state index in [4.69, 9.17) is 4.74 Å². The van der Waals surface area contributed by atoms with Crippen molar-refractivity contribution in [2.75, 3.05) is 26.2 Å². The van der Waals surface area contributed by atoms with Crippen LogP contribution >= 0.6 is 12.4 Å². The highest BCUT2D eigenvalue weighted by Gasteiger charge is 2.19. The Morgan fingerprint density at radius 3 is 2.94 bits per heavy atom. The van der Waals surface area contributed by atoms with Gasteiger partial charge >= 0.3 is 0 Å². The van der Waals surface area contributed by atoms with Gasteiger partial charge in [-0.1, -0.05) is 0 Å². The summed E-state index contributed by atoms with van der Waals surface area (Å²) in [6.07, 6.45) is 5.22. The second-order valence-corrected chi connectivity index (χ2v) is 4.84. The molecule has 2 N–H and O–H groups in total. The van der Waals surface area contributed by atoms with Crippen LogP contribution in [0.4, 0.5) is 0 Å². The minimum atomic E-state index is 0. The van der Waals surface area contributed by atoms with Crippen molar-refractivity contribution < 1.29 is 9.53 Å². The Labute approximate surface area is 109 Å². The molecule has 2 heterocycles. The standard InChI is InChI=1S/C12H22N2O2.ClH/c15-12(8-11-2-1-7-16-11)14-6-4-10-3-5-13-9-10;/h10-11,13H,1-9H2,(H,14,15);1H. The van der Waals surface area contributed by atoms with E-state index in [-0.39, 0.29) is 24.4 Å². The third-order valence-electron chi connectivity index (χ3n) is 3.47. The van der Waals surface area contributed by atoms with Gasteiger partial charge in [0.25, 0.3) is 0 Å². The lowest BCUT2D eigenvalue weighted by molar-refractivity contribution is -0.123. The third kappa shape index (κ3) is 5.23. The lowest BCUT2D eigenvalue weighted by Crippen LogP contribution is -2.29. The summed E-state index contributed by atoms with van der Waals surface area (Å²) < 4.78 is 5.43. The van der Waals surface area contributed by atoms with Gasteiger partial charge in [-0.2, -0.15) is 0 Å². The van der Waals surface area contributed by atoms with E-state index in [0.29, 0.717) is 6.42 Å². The Hall–Kier alpha value is -0.320. The molecule has 0 aromatic heterocycles. The van der Waals surface area contributed by atoms with Crippen molar-refractivity contribution in [1.82, 2.24) is 10.6 Å². The molecule has 0 aromatic carbocycles. The van der Waals surface area contributed by atoms with Crippen LogP contribution in [0.5, 0.6) is 0 Å². The molecule has 2 aliphatic heterocycles. The summed E-state index contributed by atoms with van der Waals surface area (Å²) >= 11 is 0. The molecule has 5 heteroatoms. The monoisotopic (exact) mass is 262 g/mol. The van der Waals surface area contributed by atoms with Crippen LogP contribution in [-0.2, 0) is 9.53 Å². The largest absolute Gasteiger partial charge is 0.378 e. The molecule has 0 aromatic rings. The molecule has 0 saturated carbocycles. The molecule has 1 amide bonds. The van der Waals surface area contributed by atoms with Gasteiger partial charge in [-0.3, -0.25) is 4.79 Å². The zero-order valence-corrected chi connectivity index (χ0v) is 11.1. The van der Waals surface area contributed by atoms with E-state index in [9.17, 15) is 4.79 Å². The maximum absolute atomic E-state index is 11.6. The Morgan fingerprint density at radius 2 is 2.29 bits per heavy atom. The Balaban J connectivity index is 0.00000144. The lowest BCUT2D eigenvalue weighted by atomic mass is 10.1. The number of rotatable bonds is 5. The molecule has 0 aliphatic carbocycles. The normalized spacial score (nSPS) is 27.8. The number of hydrogen-bond donors (Lipinski definition) is 2.